The van der Waals surface area contributed by atoms with Crippen LogP contribution in [0.4, 0.5) is 0 Å². The lowest BCUT2D eigenvalue weighted by molar-refractivity contribution is -0.122. The molecule has 4 heteroatoms. The number of carbonyl (C=O) groups excluding carboxylic acids is 1. The van der Waals surface area contributed by atoms with E-state index in [2.05, 4.69) is 31.0 Å². The quantitative estimate of drug-likeness (QED) is 0.788. The van der Waals surface area contributed by atoms with Crippen LogP contribution >= 0.6 is 11.6 Å². The molecule has 1 rings (SSSR count). The molecule has 0 aliphatic carbocycles. The zero-order valence-corrected chi connectivity index (χ0v) is 12.0. The summed E-state index contributed by atoms with van der Waals surface area (Å²) < 4.78 is 0. The van der Waals surface area contributed by atoms with Crippen molar-refractivity contribution in [2.75, 3.05) is 19.0 Å². The molecule has 1 saturated heterocycles. The summed E-state index contributed by atoms with van der Waals surface area (Å²) in [5.74, 6) is 0.718. The molecule has 0 aromatic heterocycles. The molecule has 0 atom stereocenters. The van der Waals surface area contributed by atoms with E-state index in [-0.39, 0.29) is 11.4 Å². The smallest absolute Gasteiger partial charge is 0.220 e. The number of nitrogens with zero attached hydrogens (tertiary/aromatic N) is 1. The lowest BCUT2D eigenvalue weighted by atomic mass is 9.98. The predicted molar refractivity (Wildman–Crippen MR) is 72.4 cm³/mol. The van der Waals surface area contributed by atoms with Gasteiger partial charge >= 0.3 is 0 Å². The Labute approximate surface area is 110 Å². The maximum absolute atomic E-state index is 11.6. The number of rotatable bonds is 4. The molecule has 0 bridgehead atoms. The first-order valence-electron chi connectivity index (χ1n) is 6.54. The Morgan fingerprint density at radius 3 is 2.41 bits per heavy atom. The molecular weight excluding hydrogens is 236 g/mol. The summed E-state index contributed by atoms with van der Waals surface area (Å²) in [4.78, 5) is 14.0. The van der Waals surface area contributed by atoms with Crippen LogP contribution in [0.5, 0.6) is 0 Å². The minimum atomic E-state index is 0.153. The van der Waals surface area contributed by atoms with E-state index in [1.165, 1.54) is 0 Å². The third kappa shape index (κ3) is 5.26. The van der Waals surface area contributed by atoms with Crippen LogP contribution in [0.15, 0.2) is 0 Å². The molecule has 100 valence electrons. The topological polar surface area (TPSA) is 32.3 Å². The Hall–Kier alpha value is -0.280. The first-order chi connectivity index (χ1) is 7.93. The maximum atomic E-state index is 11.6. The minimum absolute atomic E-state index is 0.153. The van der Waals surface area contributed by atoms with E-state index < -0.39 is 0 Å². The number of hydrogen-bond donors (Lipinski definition) is 1. The molecule has 0 saturated carbocycles. The van der Waals surface area contributed by atoms with E-state index >= 15 is 0 Å². The number of carbonyl (C=O) groups is 1. The number of amides is 1. The highest BCUT2D eigenvalue weighted by molar-refractivity contribution is 6.17. The number of halogens is 1. The molecule has 0 aromatic rings. The normalized spacial score (nSPS) is 19.3. The van der Waals surface area contributed by atoms with Gasteiger partial charge in [0.25, 0.3) is 0 Å². The van der Waals surface area contributed by atoms with Crippen LogP contribution in [-0.4, -0.2) is 41.4 Å². The highest BCUT2D eigenvalue weighted by Crippen LogP contribution is 2.20. The standard InChI is InChI=1S/C13H25ClN2O/c1-13(2,3)16-9-6-11(7-10-16)15-12(17)5-4-8-14/h11H,4-10H2,1-3H3,(H,15,17). The van der Waals surface area contributed by atoms with Gasteiger partial charge in [-0.15, -0.1) is 11.6 Å². The number of likely N-dealkylation sites (tertiary alicyclic amines) is 1. The molecule has 1 amide bonds. The van der Waals surface area contributed by atoms with Crippen molar-refractivity contribution in [1.82, 2.24) is 10.2 Å². The van der Waals surface area contributed by atoms with Crippen molar-refractivity contribution in [1.29, 1.82) is 0 Å². The zero-order valence-electron chi connectivity index (χ0n) is 11.3. The highest BCUT2D eigenvalue weighted by atomic mass is 35.5. The number of hydrogen-bond acceptors (Lipinski definition) is 2. The number of nitrogens with one attached hydrogen (secondary N) is 1. The summed E-state index contributed by atoms with van der Waals surface area (Å²) in [5.41, 5.74) is 0.244. The van der Waals surface area contributed by atoms with Gasteiger partial charge in [0.15, 0.2) is 0 Å². The Balaban J connectivity index is 2.25. The molecule has 1 aliphatic heterocycles. The van der Waals surface area contributed by atoms with E-state index in [0.717, 1.165) is 32.4 Å². The maximum Gasteiger partial charge on any atom is 0.220 e. The SMILES string of the molecule is CC(C)(C)N1CCC(NC(=O)CCCCl)CC1. The number of piperidine rings is 1. The van der Waals surface area contributed by atoms with E-state index in [1.54, 1.807) is 0 Å². The van der Waals surface area contributed by atoms with Crippen LogP contribution in [0.1, 0.15) is 46.5 Å². The van der Waals surface area contributed by atoms with Crippen LogP contribution in [0, 0.1) is 0 Å². The van der Waals surface area contributed by atoms with Crippen molar-refractivity contribution in [3.8, 4) is 0 Å². The van der Waals surface area contributed by atoms with Crippen LogP contribution in [-0.2, 0) is 4.79 Å². The van der Waals surface area contributed by atoms with Crippen molar-refractivity contribution in [2.45, 2.75) is 58.0 Å². The fourth-order valence-corrected chi connectivity index (χ4v) is 2.36. The Bertz CT molecular complexity index is 242. The molecule has 0 aromatic carbocycles. The molecule has 1 N–H and O–H groups in total. The van der Waals surface area contributed by atoms with Crippen molar-refractivity contribution in [3.63, 3.8) is 0 Å². The van der Waals surface area contributed by atoms with Crippen molar-refractivity contribution >= 4 is 17.5 Å². The van der Waals surface area contributed by atoms with E-state index in [1.807, 2.05) is 0 Å². The summed E-state index contributed by atoms with van der Waals surface area (Å²) in [6.45, 7) is 8.87. The summed E-state index contributed by atoms with van der Waals surface area (Å²) >= 11 is 5.57. The summed E-state index contributed by atoms with van der Waals surface area (Å²) in [6, 6.07) is 0.358. The van der Waals surface area contributed by atoms with Gasteiger partial charge in [0.1, 0.15) is 0 Å². The fourth-order valence-electron chi connectivity index (χ4n) is 2.22. The summed E-state index contributed by atoms with van der Waals surface area (Å²) in [5, 5.41) is 3.10. The van der Waals surface area contributed by atoms with Gasteiger partial charge in [0.2, 0.25) is 5.91 Å². The van der Waals surface area contributed by atoms with Crippen molar-refractivity contribution in [3.05, 3.63) is 0 Å². The average molecular weight is 261 g/mol. The molecule has 17 heavy (non-hydrogen) atoms. The molecule has 0 radical (unpaired) electrons. The Kier molecular flexibility index (Phi) is 5.74. The molecule has 1 aliphatic rings. The fraction of sp³-hybridized carbons (Fsp3) is 0.923. The monoisotopic (exact) mass is 260 g/mol. The van der Waals surface area contributed by atoms with E-state index in [4.69, 9.17) is 11.6 Å². The highest BCUT2D eigenvalue weighted by Gasteiger charge is 2.27. The van der Waals surface area contributed by atoms with Gasteiger partial charge in [-0.3, -0.25) is 9.69 Å². The van der Waals surface area contributed by atoms with Crippen LogP contribution in [0.3, 0.4) is 0 Å². The predicted octanol–water partition coefficient (Wildman–Crippen LogP) is 2.38. The lowest BCUT2D eigenvalue weighted by Crippen LogP contribution is -2.50. The van der Waals surface area contributed by atoms with Gasteiger partial charge < -0.3 is 5.32 Å². The van der Waals surface area contributed by atoms with Crippen LogP contribution in [0.2, 0.25) is 0 Å². The van der Waals surface area contributed by atoms with Gasteiger partial charge in [0.05, 0.1) is 0 Å². The van der Waals surface area contributed by atoms with Gasteiger partial charge in [-0.05, 0) is 40.0 Å². The third-order valence-corrected chi connectivity index (χ3v) is 3.61. The van der Waals surface area contributed by atoms with Crippen molar-refractivity contribution < 1.29 is 4.79 Å². The second-order valence-electron chi connectivity index (χ2n) is 5.79. The van der Waals surface area contributed by atoms with Gasteiger partial charge in [-0.1, -0.05) is 0 Å². The molecule has 0 unspecified atom stereocenters. The van der Waals surface area contributed by atoms with Crippen molar-refractivity contribution in [2.24, 2.45) is 0 Å². The first kappa shape index (κ1) is 14.8. The molecule has 1 fully saturated rings. The number of alkyl halides is 1. The third-order valence-electron chi connectivity index (χ3n) is 3.35. The van der Waals surface area contributed by atoms with Crippen LogP contribution in [0.25, 0.3) is 0 Å². The largest absolute Gasteiger partial charge is 0.353 e. The van der Waals surface area contributed by atoms with Gasteiger partial charge in [-0.2, -0.15) is 0 Å². The average Bonchev–Trinajstić information content (AvgIpc) is 2.26. The van der Waals surface area contributed by atoms with Gasteiger partial charge in [-0.25, -0.2) is 0 Å². The Morgan fingerprint density at radius 1 is 1.35 bits per heavy atom. The Morgan fingerprint density at radius 2 is 1.94 bits per heavy atom. The molecular formula is C13H25ClN2O. The minimum Gasteiger partial charge on any atom is -0.353 e. The molecule has 0 spiro atoms. The molecule has 1 heterocycles. The lowest BCUT2D eigenvalue weighted by Gasteiger charge is -2.41. The van der Waals surface area contributed by atoms with E-state index in [0.29, 0.717) is 18.3 Å². The second kappa shape index (κ2) is 6.60. The first-order valence-corrected chi connectivity index (χ1v) is 7.07. The van der Waals surface area contributed by atoms with Gasteiger partial charge in [0, 0.05) is 37.0 Å². The van der Waals surface area contributed by atoms with E-state index in [9.17, 15) is 4.79 Å². The van der Waals surface area contributed by atoms with Crippen LogP contribution < -0.4 is 5.32 Å². The summed E-state index contributed by atoms with van der Waals surface area (Å²) in [7, 11) is 0. The summed E-state index contributed by atoms with van der Waals surface area (Å²) in [6.07, 6.45) is 3.45. The molecule has 3 nitrogen and oxygen atoms in total. The zero-order chi connectivity index (χ0) is 12.9. The second-order valence-corrected chi connectivity index (χ2v) is 6.17.